The predicted molar refractivity (Wildman–Crippen MR) is 98.5 cm³/mol. The van der Waals surface area contributed by atoms with E-state index >= 15 is 0 Å². The molecule has 128 valence electrons. The van der Waals surface area contributed by atoms with Crippen LogP contribution in [0.5, 0.6) is 5.75 Å². The maximum atomic E-state index is 12.5. The van der Waals surface area contributed by atoms with E-state index in [0.717, 1.165) is 22.8 Å². The molecule has 3 N–H and O–H groups in total. The maximum absolute atomic E-state index is 12.5. The zero-order valence-electron chi connectivity index (χ0n) is 13.7. The third-order valence-corrected chi connectivity index (χ3v) is 4.42. The van der Waals surface area contributed by atoms with Crippen LogP contribution in [0.25, 0.3) is 11.4 Å². The molecule has 1 amide bonds. The number of benzene rings is 1. The standard InChI is InChI=1S/C18H18N4O2S/c1-2-24-14-9-4-3-7-12(14)11-21-18(23)17-15(19)16(22-25-17)13-8-5-6-10-20-13/h3-10H,2,11,19H2,1H3,(H,21,23). The zero-order valence-corrected chi connectivity index (χ0v) is 14.5. The van der Waals surface area contributed by atoms with Crippen molar-refractivity contribution in [1.82, 2.24) is 14.7 Å². The average Bonchev–Trinajstić information content (AvgIpc) is 3.03. The number of carbonyl (C=O) groups excluding carboxylic acids is 1. The van der Waals surface area contributed by atoms with Gasteiger partial charge in [0.05, 0.1) is 18.0 Å². The molecule has 0 aliphatic rings. The van der Waals surface area contributed by atoms with Gasteiger partial charge in [0.25, 0.3) is 5.91 Å². The van der Waals surface area contributed by atoms with E-state index in [9.17, 15) is 4.79 Å². The molecular weight excluding hydrogens is 336 g/mol. The first-order valence-corrected chi connectivity index (χ1v) is 8.63. The Morgan fingerprint density at radius 1 is 1.24 bits per heavy atom. The normalized spacial score (nSPS) is 10.4. The quantitative estimate of drug-likeness (QED) is 0.710. The van der Waals surface area contributed by atoms with Crippen LogP contribution in [0.3, 0.4) is 0 Å². The van der Waals surface area contributed by atoms with Crippen molar-refractivity contribution in [2.45, 2.75) is 13.5 Å². The Morgan fingerprint density at radius 2 is 2.04 bits per heavy atom. The van der Waals surface area contributed by atoms with Gasteiger partial charge in [0.2, 0.25) is 0 Å². The summed E-state index contributed by atoms with van der Waals surface area (Å²) in [6.07, 6.45) is 1.67. The molecule has 0 fully saturated rings. The van der Waals surface area contributed by atoms with Crippen LogP contribution >= 0.6 is 11.5 Å². The van der Waals surface area contributed by atoms with Gasteiger partial charge in [0, 0.05) is 18.3 Å². The molecule has 25 heavy (non-hydrogen) atoms. The van der Waals surface area contributed by atoms with Gasteiger partial charge in [-0.3, -0.25) is 9.78 Å². The number of para-hydroxylation sites is 1. The molecule has 1 aromatic carbocycles. The summed E-state index contributed by atoms with van der Waals surface area (Å²) in [6, 6.07) is 13.1. The van der Waals surface area contributed by atoms with Gasteiger partial charge in [0.15, 0.2) is 0 Å². The first-order valence-electron chi connectivity index (χ1n) is 7.86. The minimum Gasteiger partial charge on any atom is -0.494 e. The van der Waals surface area contributed by atoms with E-state index in [1.807, 2.05) is 49.4 Å². The molecule has 6 nitrogen and oxygen atoms in total. The van der Waals surface area contributed by atoms with Crippen molar-refractivity contribution in [2.24, 2.45) is 0 Å². The topological polar surface area (TPSA) is 90.1 Å². The van der Waals surface area contributed by atoms with Crippen LogP contribution in [0.15, 0.2) is 48.7 Å². The van der Waals surface area contributed by atoms with Crippen molar-refractivity contribution >= 4 is 23.1 Å². The average molecular weight is 354 g/mol. The fourth-order valence-electron chi connectivity index (χ4n) is 2.35. The van der Waals surface area contributed by atoms with Gasteiger partial charge < -0.3 is 15.8 Å². The third-order valence-electron chi connectivity index (χ3n) is 3.55. The molecule has 0 saturated carbocycles. The largest absolute Gasteiger partial charge is 0.494 e. The number of nitrogen functional groups attached to an aromatic ring is 1. The van der Waals surface area contributed by atoms with E-state index in [1.165, 1.54) is 0 Å². The molecule has 0 saturated heterocycles. The lowest BCUT2D eigenvalue weighted by atomic mass is 10.2. The van der Waals surface area contributed by atoms with E-state index in [2.05, 4.69) is 14.7 Å². The number of amides is 1. The smallest absolute Gasteiger partial charge is 0.265 e. The van der Waals surface area contributed by atoms with Crippen molar-refractivity contribution in [3.63, 3.8) is 0 Å². The van der Waals surface area contributed by atoms with Crippen molar-refractivity contribution < 1.29 is 9.53 Å². The van der Waals surface area contributed by atoms with Crippen molar-refractivity contribution in [3.05, 3.63) is 59.1 Å². The lowest BCUT2D eigenvalue weighted by molar-refractivity contribution is 0.0955. The lowest BCUT2D eigenvalue weighted by Gasteiger charge is -2.10. The van der Waals surface area contributed by atoms with Gasteiger partial charge in [-0.2, -0.15) is 4.37 Å². The molecule has 2 aromatic heterocycles. The second-order valence-electron chi connectivity index (χ2n) is 5.21. The highest BCUT2D eigenvalue weighted by Crippen LogP contribution is 2.29. The summed E-state index contributed by atoms with van der Waals surface area (Å²) in [7, 11) is 0. The number of rotatable bonds is 6. The first kappa shape index (κ1) is 16.9. The number of aromatic nitrogens is 2. The van der Waals surface area contributed by atoms with Crippen LogP contribution < -0.4 is 15.8 Å². The maximum Gasteiger partial charge on any atom is 0.265 e. The summed E-state index contributed by atoms with van der Waals surface area (Å²) in [4.78, 5) is 17.1. The number of ether oxygens (including phenoxy) is 1. The molecule has 0 spiro atoms. The summed E-state index contributed by atoms with van der Waals surface area (Å²) in [6.45, 7) is 2.85. The number of nitrogens with one attached hydrogen (secondary N) is 1. The minimum absolute atomic E-state index is 0.261. The Labute approximate surface area is 149 Å². The Bertz CT molecular complexity index is 865. The Balaban J connectivity index is 1.74. The summed E-state index contributed by atoms with van der Waals surface area (Å²) >= 11 is 1.07. The highest BCUT2D eigenvalue weighted by molar-refractivity contribution is 7.09. The van der Waals surface area contributed by atoms with Crippen LogP contribution in [-0.4, -0.2) is 21.9 Å². The van der Waals surface area contributed by atoms with Crippen LogP contribution in [0.1, 0.15) is 22.2 Å². The van der Waals surface area contributed by atoms with E-state index in [-0.39, 0.29) is 5.91 Å². The molecule has 0 unspecified atom stereocenters. The molecule has 0 bridgehead atoms. The third kappa shape index (κ3) is 3.77. The second-order valence-corrected chi connectivity index (χ2v) is 5.99. The summed E-state index contributed by atoms with van der Waals surface area (Å²) in [5.41, 5.74) is 8.54. The number of hydrogen-bond donors (Lipinski definition) is 2. The lowest BCUT2D eigenvalue weighted by Crippen LogP contribution is -2.23. The monoisotopic (exact) mass is 354 g/mol. The highest BCUT2D eigenvalue weighted by Gasteiger charge is 2.19. The fourth-order valence-corrected chi connectivity index (χ4v) is 3.08. The summed E-state index contributed by atoms with van der Waals surface area (Å²) < 4.78 is 9.84. The van der Waals surface area contributed by atoms with Crippen molar-refractivity contribution in [1.29, 1.82) is 0 Å². The molecule has 0 radical (unpaired) electrons. The van der Waals surface area contributed by atoms with Crippen LogP contribution in [-0.2, 0) is 6.54 Å². The molecule has 0 atom stereocenters. The summed E-state index contributed by atoms with van der Waals surface area (Å²) in [5, 5.41) is 2.87. The van der Waals surface area contributed by atoms with E-state index in [4.69, 9.17) is 10.5 Å². The number of hydrogen-bond acceptors (Lipinski definition) is 6. The fraction of sp³-hybridized carbons (Fsp3) is 0.167. The Hall–Kier alpha value is -2.93. The second kappa shape index (κ2) is 7.76. The molecule has 7 heteroatoms. The van der Waals surface area contributed by atoms with Gasteiger partial charge in [-0.1, -0.05) is 24.3 Å². The number of carbonyl (C=O) groups is 1. The molecule has 3 rings (SSSR count). The van der Waals surface area contributed by atoms with Gasteiger partial charge in [-0.05, 0) is 36.7 Å². The first-order chi connectivity index (χ1) is 12.2. The van der Waals surface area contributed by atoms with Gasteiger partial charge in [-0.25, -0.2) is 0 Å². The minimum atomic E-state index is -0.261. The van der Waals surface area contributed by atoms with Crippen LogP contribution in [0.2, 0.25) is 0 Å². The Kier molecular flexibility index (Phi) is 5.25. The molecule has 0 aliphatic heterocycles. The molecule has 2 heterocycles. The van der Waals surface area contributed by atoms with Crippen molar-refractivity contribution in [3.8, 4) is 17.1 Å². The van der Waals surface area contributed by atoms with E-state index in [1.54, 1.807) is 6.20 Å². The SMILES string of the molecule is CCOc1ccccc1CNC(=O)c1snc(-c2ccccn2)c1N. The van der Waals surface area contributed by atoms with Crippen molar-refractivity contribution in [2.75, 3.05) is 12.3 Å². The zero-order chi connectivity index (χ0) is 17.6. The number of pyridine rings is 1. The number of nitrogens with zero attached hydrogens (tertiary/aromatic N) is 2. The highest BCUT2D eigenvalue weighted by atomic mass is 32.1. The van der Waals surface area contributed by atoms with E-state index < -0.39 is 0 Å². The number of anilines is 1. The summed E-state index contributed by atoms with van der Waals surface area (Å²) in [5.74, 6) is 0.500. The van der Waals surface area contributed by atoms with Crippen LogP contribution in [0, 0.1) is 0 Å². The van der Waals surface area contributed by atoms with Gasteiger partial charge in [0.1, 0.15) is 16.3 Å². The van der Waals surface area contributed by atoms with Gasteiger partial charge in [-0.15, -0.1) is 0 Å². The predicted octanol–water partition coefficient (Wildman–Crippen LogP) is 3.12. The van der Waals surface area contributed by atoms with E-state index in [0.29, 0.717) is 35.1 Å². The molecule has 3 aromatic rings. The van der Waals surface area contributed by atoms with Gasteiger partial charge >= 0.3 is 0 Å². The Morgan fingerprint density at radius 3 is 2.80 bits per heavy atom. The number of nitrogens with two attached hydrogens (primary N) is 1. The van der Waals surface area contributed by atoms with Crippen LogP contribution in [0.4, 0.5) is 5.69 Å². The molecule has 0 aliphatic carbocycles. The molecular formula is C18H18N4O2S.